The third kappa shape index (κ3) is 4.30. The third-order valence-electron chi connectivity index (χ3n) is 5.68. The highest BCUT2D eigenvalue weighted by Crippen LogP contribution is 2.27. The summed E-state index contributed by atoms with van der Waals surface area (Å²) in [6, 6.07) is 3.68. The van der Waals surface area contributed by atoms with E-state index in [2.05, 4.69) is 16.7 Å². The van der Waals surface area contributed by atoms with E-state index in [-0.39, 0.29) is 5.75 Å². The van der Waals surface area contributed by atoms with Gasteiger partial charge < -0.3 is 9.47 Å². The molecule has 1 unspecified atom stereocenters. The zero-order valence-electron chi connectivity index (χ0n) is 15.1. The largest absolute Gasteiger partial charge is 0.494 e. The Morgan fingerprint density at radius 2 is 1.80 bits per heavy atom. The molecule has 2 aliphatic rings. The molecule has 0 bridgehead atoms. The smallest absolute Gasteiger partial charge is 0.200 e. The van der Waals surface area contributed by atoms with Crippen molar-refractivity contribution in [3.05, 3.63) is 29.3 Å². The number of benzene rings is 1. The van der Waals surface area contributed by atoms with Crippen LogP contribution in [0.5, 0.6) is 5.75 Å². The van der Waals surface area contributed by atoms with Crippen LogP contribution in [0.4, 0.5) is 8.78 Å². The fraction of sp³-hybridized carbons (Fsp3) is 0.684. The Morgan fingerprint density at radius 3 is 2.44 bits per heavy atom. The van der Waals surface area contributed by atoms with Gasteiger partial charge in [0.15, 0.2) is 11.6 Å². The molecule has 0 amide bonds. The maximum absolute atomic E-state index is 14.2. The Bertz CT molecular complexity index is 571. The standard InChI is InChI=1S/C19H28F2N2O2/c1-14(23-9-11-25-12-10-23)15-5-7-22(8-6-15)13-16-3-4-17(24-2)19(21)18(16)20/h3-4,14-15H,5-13H2,1-2H3. The maximum Gasteiger partial charge on any atom is 0.200 e. The Kier molecular flexibility index (Phi) is 6.25. The van der Waals surface area contributed by atoms with E-state index in [1.807, 2.05) is 0 Å². The number of ether oxygens (including phenoxy) is 2. The van der Waals surface area contributed by atoms with Crippen molar-refractivity contribution in [1.82, 2.24) is 9.80 Å². The van der Waals surface area contributed by atoms with E-state index < -0.39 is 11.6 Å². The lowest BCUT2D eigenvalue weighted by Gasteiger charge is -2.41. The van der Waals surface area contributed by atoms with Crippen molar-refractivity contribution in [3.8, 4) is 5.75 Å². The highest BCUT2D eigenvalue weighted by Gasteiger charge is 2.29. The number of halogens is 2. The van der Waals surface area contributed by atoms with E-state index in [4.69, 9.17) is 9.47 Å². The fourth-order valence-electron chi connectivity index (χ4n) is 3.97. The summed E-state index contributed by atoms with van der Waals surface area (Å²) in [7, 11) is 1.35. The van der Waals surface area contributed by atoms with Gasteiger partial charge in [0.2, 0.25) is 5.82 Å². The van der Waals surface area contributed by atoms with E-state index in [9.17, 15) is 8.78 Å². The Morgan fingerprint density at radius 1 is 1.12 bits per heavy atom. The monoisotopic (exact) mass is 354 g/mol. The molecule has 2 aliphatic heterocycles. The second kappa shape index (κ2) is 8.43. The molecule has 3 rings (SSSR count). The lowest BCUT2D eigenvalue weighted by Crippen LogP contribution is -2.48. The maximum atomic E-state index is 14.2. The van der Waals surface area contributed by atoms with Crippen molar-refractivity contribution in [2.45, 2.75) is 32.4 Å². The molecule has 1 aromatic carbocycles. The first-order valence-corrected chi connectivity index (χ1v) is 9.15. The molecule has 0 radical (unpaired) electrons. The lowest BCUT2D eigenvalue weighted by molar-refractivity contribution is -0.00197. The van der Waals surface area contributed by atoms with Gasteiger partial charge in [-0.05, 0) is 44.8 Å². The molecule has 6 heteroatoms. The number of nitrogens with zero attached hydrogens (tertiary/aromatic N) is 2. The summed E-state index contributed by atoms with van der Waals surface area (Å²) in [6.07, 6.45) is 2.19. The number of rotatable bonds is 5. The normalized spacial score (nSPS) is 22.1. The Labute approximate surface area is 148 Å². The van der Waals surface area contributed by atoms with Gasteiger partial charge in [0.1, 0.15) is 0 Å². The van der Waals surface area contributed by atoms with Gasteiger partial charge in [0, 0.05) is 31.2 Å². The average Bonchev–Trinajstić information content (AvgIpc) is 2.66. The SMILES string of the molecule is COc1ccc(CN2CCC(C(C)N3CCOCC3)CC2)c(F)c1F. The third-order valence-corrected chi connectivity index (χ3v) is 5.68. The summed E-state index contributed by atoms with van der Waals surface area (Å²) in [5, 5.41) is 0. The van der Waals surface area contributed by atoms with Gasteiger partial charge >= 0.3 is 0 Å². The first-order chi connectivity index (χ1) is 12.1. The molecule has 1 atom stereocenters. The van der Waals surface area contributed by atoms with Crippen LogP contribution in [0.2, 0.25) is 0 Å². The first-order valence-electron chi connectivity index (χ1n) is 9.15. The molecule has 0 saturated carbocycles. The Hall–Kier alpha value is -1.24. The zero-order valence-corrected chi connectivity index (χ0v) is 15.1. The highest BCUT2D eigenvalue weighted by atomic mass is 19.2. The Balaban J connectivity index is 1.53. The van der Waals surface area contributed by atoms with Crippen molar-refractivity contribution < 1.29 is 18.3 Å². The molecule has 1 aromatic rings. The molecule has 0 N–H and O–H groups in total. The summed E-state index contributed by atoms with van der Waals surface area (Å²) in [4.78, 5) is 4.73. The molecule has 25 heavy (non-hydrogen) atoms. The van der Waals surface area contributed by atoms with Crippen molar-refractivity contribution in [1.29, 1.82) is 0 Å². The molecular weight excluding hydrogens is 326 g/mol. The molecule has 2 heterocycles. The predicted octanol–water partition coefficient (Wildman–Crippen LogP) is 2.91. The summed E-state index contributed by atoms with van der Waals surface area (Å²) in [6.45, 7) is 8.28. The van der Waals surface area contributed by atoms with Gasteiger partial charge in [-0.1, -0.05) is 6.07 Å². The minimum absolute atomic E-state index is 0.0423. The van der Waals surface area contributed by atoms with Crippen LogP contribution in [-0.2, 0) is 11.3 Å². The summed E-state index contributed by atoms with van der Waals surface area (Å²) < 4.78 is 38.3. The van der Waals surface area contributed by atoms with E-state index in [1.54, 1.807) is 6.07 Å². The van der Waals surface area contributed by atoms with Gasteiger partial charge in [-0.3, -0.25) is 9.80 Å². The van der Waals surface area contributed by atoms with Gasteiger partial charge in [0.05, 0.1) is 20.3 Å². The van der Waals surface area contributed by atoms with Gasteiger partial charge in [0.25, 0.3) is 0 Å². The predicted molar refractivity (Wildman–Crippen MR) is 92.8 cm³/mol. The summed E-state index contributed by atoms with van der Waals surface area (Å²) >= 11 is 0. The van der Waals surface area contributed by atoms with E-state index in [1.165, 1.54) is 13.2 Å². The van der Waals surface area contributed by atoms with Crippen LogP contribution >= 0.6 is 0 Å². The molecule has 2 fully saturated rings. The van der Waals surface area contributed by atoms with Crippen LogP contribution in [0.15, 0.2) is 12.1 Å². The second-order valence-electron chi connectivity index (χ2n) is 7.06. The number of hydrogen-bond acceptors (Lipinski definition) is 4. The minimum Gasteiger partial charge on any atom is -0.494 e. The highest BCUT2D eigenvalue weighted by molar-refractivity contribution is 5.31. The molecule has 140 valence electrons. The first kappa shape index (κ1) is 18.5. The van der Waals surface area contributed by atoms with Gasteiger partial charge in [-0.25, -0.2) is 4.39 Å². The van der Waals surface area contributed by atoms with Crippen molar-refractivity contribution in [3.63, 3.8) is 0 Å². The van der Waals surface area contributed by atoms with Crippen LogP contribution in [0, 0.1) is 17.6 Å². The van der Waals surface area contributed by atoms with Gasteiger partial charge in [-0.2, -0.15) is 4.39 Å². The molecule has 2 saturated heterocycles. The summed E-state index contributed by atoms with van der Waals surface area (Å²) in [5.74, 6) is -1.06. The van der Waals surface area contributed by atoms with E-state index in [0.29, 0.717) is 24.1 Å². The molecule has 0 aromatic heterocycles. The quantitative estimate of drug-likeness (QED) is 0.812. The topological polar surface area (TPSA) is 24.9 Å². The van der Waals surface area contributed by atoms with Crippen LogP contribution in [0.1, 0.15) is 25.3 Å². The second-order valence-corrected chi connectivity index (χ2v) is 7.06. The van der Waals surface area contributed by atoms with Crippen LogP contribution < -0.4 is 4.74 Å². The molecule has 0 aliphatic carbocycles. The van der Waals surface area contributed by atoms with Crippen LogP contribution in [0.25, 0.3) is 0 Å². The number of morpholine rings is 1. The molecular formula is C19H28F2N2O2. The van der Waals surface area contributed by atoms with Crippen LogP contribution in [0.3, 0.4) is 0 Å². The minimum atomic E-state index is -0.893. The van der Waals surface area contributed by atoms with Crippen molar-refractivity contribution in [2.24, 2.45) is 5.92 Å². The lowest BCUT2D eigenvalue weighted by atomic mass is 9.89. The zero-order chi connectivity index (χ0) is 17.8. The molecule has 0 spiro atoms. The van der Waals surface area contributed by atoms with E-state index in [0.717, 1.165) is 52.2 Å². The van der Waals surface area contributed by atoms with Crippen LogP contribution in [-0.4, -0.2) is 62.3 Å². The van der Waals surface area contributed by atoms with E-state index >= 15 is 0 Å². The van der Waals surface area contributed by atoms with Crippen molar-refractivity contribution >= 4 is 0 Å². The van der Waals surface area contributed by atoms with Crippen molar-refractivity contribution in [2.75, 3.05) is 46.5 Å². The number of hydrogen-bond donors (Lipinski definition) is 0. The fourth-order valence-corrected chi connectivity index (χ4v) is 3.97. The number of likely N-dealkylation sites (tertiary alicyclic amines) is 1. The van der Waals surface area contributed by atoms with Gasteiger partial charge in [-0.15, -0.1) is 0 Å². The number of methoxy groups -OCH3 is 1. The molecule has 4 nitrogen and oxygen atoms in total. The summed E-state index contributed by atoms with van der Waals surface area (Å²) in [5.41, 5.74) is 0.401. The average molecular weight is 354 g/mol. The number of piperidine rings is 1.